The standard InChI is InChI=1S/C20H32O2S2/c1-13(2)11-21-15-8-9-17(22-12-14(3)4)16(10-15)18(23)19(24)20(5,6)7/h8-10,13-14,23-24H,11-12H2,1-7H3. The van der Waals surface area contributed by atoms with Gasteiger partial charge in [0.2, 0.25) is 0 Å². The van der Waals surface area contributed by atoms with E-state index in [1.807, 2.05) is 18.2 Å². The van der Waals surface area contributed by atoms with Crippen molar-refractivity contribution >= 4 is 30.2 Å². The molecule has 1 aromatic carbocycles. The van der Waals surface area contributed by atoms with Gasteiger partial charge in [-0.05, 0) is 35.4 Å². The van der Waals surface area contributed by atoms with Gasteiger partial charge < -0.3 is 9.47 Å². The van der Waals surface area contributed by atoms with Crippen molar-refractivity contribution in [2.45, 2.75) is 48.5 Å². The first-order valence-electron chi connectivity index (χ1n) is 8.55. The van der Waals surface area contributed by atoms with Crippen molar-refractivity contribution in [1.29, 1.82) is 0 Å². The summed E-state index contributed by atoms with van der Waals surface area (Å²) in [7, 11) is 0. The van der Waals surface area contributed by atoms with E-state index >= 15 is 0 Å². The molecule has 24 heavy (non-hydrogen) atoms. The molecule has 0 unspecified atom stereocenters. The number of benzene rings is 1. The summed E-state index contributed by atoms with van der Waals surface area (Å²) in [6.07, 6.45) is 0. The minimum absolute atomic E-state index is 0.0791. The summed E-state index contributed by atoms with van der Waals surface area (Å²) in [5.41, 5.74) is 0.852. The van der Waals surface area contributed by atoms with E-state index in [9.17, 15) is 0 Å². The molecule has 0 heterocycles. The van der Waals surface area contributed by atoms with Gasteiger partial charge in [0, 0.05) is 15.4 Å². The van der Waals surface area contributed by atoms with Gasteiger partial charge in [0.1, 0.15) is 11.5 Å². The Morgan fingerprint density at radius 3 is 2.00 bits per heavy atom. The van der Waals surface area contributed by atoms with Gasteiger partial charge in [-0.15, -0.1) is 25.3 Å². The first-order valence-corrected chi connectivity index (χ1v) is 9.44. The summed E-state index contributed by atoms with van der Waals surface area (Å²) in [5, 5.41) is 0. The highest BCUT2D eigenvalue weighted by Gasteiger charge is 2.20. The number of allylic oxidation sites excluding steroid dienone is 1. The van der Waals surface area contributed by atoms with Crippen molar-refractivity contribution in [3.8, 4) is 11.5 Å². The van der Waals surface area contributed by atoms with Gasteiger partial charge in [-0.25, -0.2) is 0 Å². The van der Waals surface area contributed by atoms with Crippen molar-refractivity contribution in [3.63, 3.8) is 0 Å². The van der Waals surface area contributed by atoms with Crippen LogP contribution in [0.25, 0.3) is 4.91 Å². The van der Waals surface area contributed by atoms with Crippen LogP contribution in [0.15, 0.2) is 23.1 Å². The summed E-state index contributed by atoms with van der Waals surface area (Å²) < 4.78 is 11.9. The van der Waals surface area contributed by atoms with Crippen LogP contribution in [0.4, 0.5) is 0 Å². The second kappa shape index (κ2) is 9.10. The van der Waals surface area contributed by atoms with Crippen LogP contribution in [0.1, 0.15) is 54.0 Å². The summed E-state index contributed by atoms with van der Waals surface area (Å²) in [5.74, 6) is 2.59. The molecule has 0 radical (unpaired) electrons. The second-order valence-corrected chi connectivity index (χ2v) is 8.91. The van der Waals surface area contributed by atoms with E-state index in [2.05, 4.69) is 48.5 Å². The number of rotatable bonds is 7. The Bertz CT molecular complexity index is 569. The van der Waals surface area contributed by atoms with E-state index in [1.54, 1.807) is 0 Å². The van der Waals surface area contributed by atoms with Crippen molar-refractivity contribution in [3.05, 3.63) is 28.7 Å². The van der Waals surface area contributed by atoms with Crippen LogP contribution in [0.3, 0.4) is 0 Å². The largest absolute Gasteiger partial charge is 0.493 e. The maximum absolute atomic E-state index is 5.99. The predicted octanol–water partition coefficient (Wildman–Crippen LogP) is 6.33. The Labute approximate surface area is 158 Å². The molecule has 0 aliphatic carbocycles. The number of hydrogen-bond donors (Lipinski definition) is 2. The van der Waals surface area contributed by atoms with E-state index in [4.69, 9.17) is 34.7 Å². The minimum Gasteiger partial charge on any atom is -0.493 e. The molecule has 2 nitrogen and oxygen atoms in total. The molecule has 1 rings (SSSR count). The van der Waals surface area contributed by atoms with Crippen LogP contribution in [0.2, 0.25) is 0 Å². The fourth-order valence-corrected chi connectivity index (χ4v) is 2.54. The lowest BCUT2D eigenvalue weighted by Crippen LogP contribution is -2.09. The molecule has 1 aromatic rings. The zero-order valence-corrected chi connectivity index (χ0v) is 17.8. The van der Waals surface area contributed by atoms with Gasteiger partial charge in [-0.1, -0.05) is 48.5 Å². The Morgan fingerprint density at radius 1 is 0.958 bits per heavy atom. The van der Waals surface area contributed by atoms with E-state index in [-0.39, 0.29) is 5.41 Å². The Hall–Kier alpha value is -0.740. The van der Waals surface area contributed by atoms with E-state index in [0.717, 1.165) is 26.9 Å². The number of ether oxygens (including phenoxy) is 2. The van der Waals surface area contributed by atoms with Crippen molar-refractivity contribution in [2.75, 3.05) is 13.2 Å². The Balaban J connectivity index is 3.25. The summed E-state index contributed by atoms with van der Waals surface area (Å²) >= 11 is 9.44. The van der Waals surface area contributed by atoms with Gasteiger partial charge in [0.25, 0.3) is 0 Å². The highest BCUT2D eigenvalue weighted by atomic mass is 32.1. The third-order valence-electron chi connectivity index (χ3n) is 3.30. The topological polar surface area (TPSA) is 18.5 Å². The van der Waals surface area contributed by atoms with Crippen molar-refractivity contribution in [1.82, 2.24) is 0 Å². The van der Waals surface area contributed by atoms with Gasteiger partial charge >= 0.3 is 0 Å². The van der Waals surface area contributed by atoms with Crippen LogP contribution in [0, 0.1) is 17.3 Å². The minimum atomic E-state index is -0.0791. The molecule has 4 heteroatoms. The lowest BCUT2D eigenvalue weighted by atomic mass is 9.94. The third-order valence-corrected chi connectivity index (χ3v) is 4.83. The Kier molecular flexibility index (Phi) is 8.07. The van der Waals surface area contributed by atoms with Crippen molar-refractivity contribution < 1.29 is 9.47 Å². The Morgan fingerprint density at radius 2 is 1.50 bits per heavy atom. The fourth-order valence-electron chi connectivity index (χ4n) is 1.91. The molecule has 0 spiro atoms. The molecule has 136 valence electrons. The molecule has 0 saturated heterocycles. The smallest absolute Gasteiger partial charge is 0.127 e. The number of thiol groups is 2. The number of hydrogen-bond acceptors (Lipinski definition) is 4. The van der Waals surface area contributed by atoms with E-state index in [1.165, 1.54) is 0 Å². The normalized spacial score (nSPS) is 13.3. The zero-order valence-electron chi connectivity index (χ0n) is 16.0. The summed E-state index contributed by atoms with van der Waals surface area (Å²) in [6, 6.07) is 5.92. The molecule has 0 N–H and O–H groups in total. The van der Waals surface area contributed by atoms with Crippen LogP contribution >= 0.6 is 25.3 Å². The predicted molar refractivity (Wildman–Crippen MR) is 111 cm³/mol. The molecule has 0 fully saturated rings. The average Bonchev–Trinajstić information content (AvgIpc) is 2.48. The van der Waals surface area contributed by atoms with Crippen LogP contribution in [0.5, 0.6) is 11.5 Å². The van der Waals surface area contributed by atoms with Gasteiger partial charge in [0.15, 0.2) is 0 Å². The highest BCUT2D eigenvalue weighted by molar-refractivity contribution is 7.93. The van der Waals surface area contributed by atoms with Gasteiger partial charge in [-0.2, -0.15) is 0 Å². The highest BCUT2D eigenvalue weighted by Crippen LogP contribution is 2.41. The quantitative estimate of drug-likeness (QED) is 0.548. The maximum atomic E-state index is 5.99. The third kappa shape index (κ3) is 6.64. The molecule has 0 aliphatic rings. The second-order valence-electron chi connectivity index (χ2n) is 8.01. The molecular weight excluding hydrogens is 336 g/mol. The zero-order chi connectivity index (χ0) is 18.5. The lowest BCUT2D eigenvalue weighted by molar-refractivity contribution is 0.263. The first-order chi connectivity index (χ1) is 11.0. The summed E-state index contributed by atoms with van der Waals surface area (Å²) in [4.78, 5) is 1.76. The monoisotopic (exact) mass is 368 g/mol. The average molecular weight is 369 g/mol. The fraction of sp³-hybridized carbons (Fsp3) is 0.600. The van der Waals surface area contributed by atoms with Gasteiger partial charge in [0.05, 0.1) is 13.2 Å². The maximum Gasteiger partial charge on any atom is 0.127 e. The molecule has 0 aliphatic heterocycles. The molecule has 0 aromatic heterocycles. The van der Waals surface area contributed by atoms with Gasteiger partial charge in [-0.3, -0.25) is 0 Å². The molecular formula is C20H32O2S2. The molecule has 0 bridgehead atoms. The van der Waals surface area contributed by atoms with Crippen LogP contribution < -0.4 is 9.47 Å². The van der Waals surface area contributed by atoms with Crippen molar-refractivity contribution in [2.24, 2.45) is 17.3 Å². The lowest BCUT2D eigenvalue weighted by Gasteiger charge is -2.23. The SMILES string of the molecule is CC(C)COc1ccc(OCC(C)C)c(C(S)=C(S)C(C)(C)C)c1. The van der Waals surface area contributed by atoms with E-state index in [0.29, 0.717) is 25.0 Å². The van der Waals surface area contributed by atoms with E-state index < -0.39 is 0 Å². The van der Waals surface area contributed by atoms with Crippen LogP contribution in [-0.4, -0.2) is 13.2 Å². The molecule has 0 atom stereocenters. The first kappa shape index (κ1) is 21.3. The molecule has 0 saturated carbocycles. The molecule has 0 amide bonds. The van der Waals surface area contributed by atoms with Crippen LogP contribution in [-0.2, 0) is 0 Å². The summed E-state index contributed by atoms with van der Waals surface area (Å²) in [6.45, 7) is 16.3.